The van der Waals surface area contributed by atoms with Crippen molar-refractivity contribution in [2.24, 2.45) is 5.73 Å². The van der Waals surface area contributed by atoms with Gasteiger partial charge in [0.2, 0.25) is 0 Å². The van der Waals surface area contributed by atoms with Crippen LogP contribution in [0.2, 0.25) is 0 Å². The third-order valence-electron chi connectivity index (χ3n) is 3.59. The van der Waals surface area contributed by atoms with Crippen LogP contribution in [0.3, 0.4) is 0 Å². The summed E-state index contributed by atoms with van der Waals surface area (Å²) in [7, 11) is 0. The molecule has 0 aliphatic rings. The molecule has 0 fully saturated rings. The number of ether oxygens (including phenoxy) is 5. The van der Waals surface area contributed by atoms with Crippen molar-refractivity contribution in [3.8, 4) is 0 Å². The maximum absolute atomic E-state index is 9.74. The van der Waals surface area contributed by atoms with Crippen molar-refractivity contribution in [1.29, 1.82) is 0 Å². The molecule has 0 aliphatic heterocycles. The Labute approximate surface area is 181 Å². The summed E-state index contributed by atoms with van der Waals surface area (Å²) >= 11 is 0. The van der Waals surface area contributed by atoms with Crippen molar-refractivity contribution in [2.45, 2.75) is 36.6 Å². The Kier molecular flexibility index (Phi) is 19.8. The summed E-state index contributed by atoms with van der Waals surface area (Å²) < 4.78 is 25.4. The Morgan fingerprint density at radius 1 is 0.419 bits per heavy atom. The van der Waals surface area contributed by atoms with Crippen LogP contribution >= 0.6 is 0 Å². The summed E-state index contributed by atoms with van der Waals surface area (Å²) in [5.41, 5.74) is 5.22. The maximum atomic E-state index is 9.74. The molecule has 188 valence electrons. The highest BCUT2D eigenvalue weighted by Gasteiger charge is 2.12. The second-order valence-electron chi connectivity index (χ2n) is 7.03. The van der Waals surface area contributed by atoms with E-state index in [0.717, 1.165) is 0 Å². The quantitative estimate of drug-likeness (QED) is 0.0760. The third-order valence-corrected chi connectivity index (χ3v) is 3.59. The number of aliphatic hydroxyl groups excluding tert-OH is 7. The standard InChI is InChI=1S/C18H39NO12/c19-1-13(21)3-27-5-15(23)7-29-9-17(25)11-31-12-18(26)10-30-8-16(24)6-28-4-14(22)2-20/h13-18,20-26H,1-12,19H2. The van der Waals surface area contributed by atoms with Gasteiger partial charge in [-0.05, 0) is 0 Å². The summed E-state index contributed by atoms with van der Waals surface area (Å²) in [5, 5.41) is 65.6. The first kappa shape index (κ1) is 30.5. The fourth-order valence-electron chi connectivity index (χ4n) is 2.01. The van der Waals surface area contributed by atoms with Crippen LogP contribution in [-0.4, -0.2) is 152 Å². The number of hydrogen-bond donors (Lipinski definition) is 8. The van der Waals surface area contributed by atoms with E-state index < -0.39 is 43.2 Å². The molecular weight excluding hydrogens is 422 g/mol. The predicted molar refractivity (Wildman–Crippen MR) is 106 cm³/mol. The smallest absolute Gasteiger partial charge is 0.101 e. The van der Waals surface area contributed by atoms with Crippen molar-refractivity contribution >= 4 is 0 Å². The van der Waals surface area contributed by atoms with Crippen molar-refractivity contribution in [2.75, 3.05) is 79.2 Å². The molecular formula is C18H39NO12. The number of rotatable bonds is 22. The molecule has 9 N–H and O–H groups in total. The van der Waals surface area contributed by atoms with Gasteiger partial charge in [0.1, 0.15) is 30.5 Å². The first-order valence-electron chi connectivity index (χ1n) is 10.1. The zero-order valence-electron chi connectivity index (χ0n) is 17.7. The van der Waals surface area contributed by atoms with E-state index in [0.29, 0.717) is 0 Å². The van der Waals surface area contributed by atoms with Gasteiger partial charge < -0.3 is 65.2 Å². The molecule has 0 bridgehead atoms. The van der Waals surface area contributed by atoms with Crippen LogP contribution in [-0.2, 0) is 23.7 Å². The summed E-state index contributed by atoms with van der Waals surface area (Å²) in [6.07, 6.45) is -5.60. The molecule has 0 aromatic rings. The minimum absolute atomic E-state index is 0.0115. The lowest BCUT2D eigenvalue weighted by Gasteiger charge is -2.17. The van der Waals surface area contributed by atoms with E-state index >= 15 is 0 Å². The Balaban J connectivity index is 3.60. The van der Waals surface area contributed by atoms with Gasteiger partial charge in [0, 0.05) is 6.54 Å². The Morgan fingerprint density at radius 3 is 0.871 bits per heavy atom. The van der Waals surface area contributed by atoms with Gasteiger partial charge in [-0.1, -0.05) is 0 Å². The lowest BCUT2D eigenvalue weighted by atomic mass is 10.3. The second kappa shape index (κ2) is 20.1. The molecule has 0 aromatic carbocycles. The zero-order valence-corrected chi connectivity index (χ0v) is 17.7. The molecule has 13 heteroatoms. The lowest BCUT2D eigenvalue weighted by Crippen LogP contribution is -2.31. The Bertz CT molecular complexity index is 361. The Hall–Kier alpha value is -0.520. The van der Waals surface area contributed by atoms with E-state index in [9.17, 15) is 25.5 Å². The first-order chi connectivity index (χ1) is 14.8. The molecule has 0 rings (SSSR count). The van der Waals surface area contributed by atoms with Gasteiger partial charge >= 0.3 is 0 Å². The monoisotopic (exact) mass is 461 g/mol. The van der Waals surface area contributed by atoms with E-state index in [1.54, 1.807) is 0 Å². The molecule has 0 saturated heterocycles. The van der Waals surface area contributed by atoms with Crippen LogP contribution in [0, 0.1) is 0 Å². The molecule has 0 saturated carbocycles. The van der Waals surface area contributed by atoms with E-state index in [2.05, 4.69) is 0 Å². The summed E-state index contributed by atoms with van der Waals surface area (Å²) in [5.74, 6) is 0. The molecule has 6 unspecified atom stereocenters. The SMILES string of the molecule is NCC(O)COCC(O)COCC(O)COCC(O)COCC(O)COCC(O)CO. The Morgan fingerprint density at radius 2 is 0.645 bits per heavy atom. The maximum Gasteiger partial charge on any atom is 0.101 e. The zero-order chi connectivity index (χ0) is 23.5. The van der Waals surface area contributed by atoms with Gasteiger partial charge in [0.15, 0.2) is 0 Å². The van der Waals surface area contributed by atoms with Gasteiger partial charge in [0.25, 0.3) is 0 Å². The van der Waals surface area contributed by atoms with E-state index in [1.807, 2.05) is 0 Å². The van der Waals surface area contributed by atoms with Crippen LogP contribution < -0.4 is 5.73 Å². The molecule has 13 nitrogen and oxygen atoms in total. The topological polar surface area (TPSA) is 214 Å². The van der Waals surface area contributed by atoms with Crippen molar-refractivity contribution < 1.29 is 59.4 Å². The van der Waals surface area contributed by atoms with Crippen LogP contribution in [0.25, 0.3) is 0 Å². The van der Waals surface area contributed by atoms with Gasteiger partial charge in [-0.3, -0.25) is 0 Å². The molecule has 0 radical (unpaired) electrons. The summed E-state index contributed by atoms with van der Waals surface area (Å²) in [6, 6.07) is 0. The van der Waals surface area contributed by atoms with Crippen LogP contribution in [0.15, 0.2) is 0 Å². The number of hydrogen-bond acceptors (Lipinski definition) is 13. The molecule has 0 heterocycles. The third kappa shape index (κ3) is 19.9. The van der Waals surface area contributed by atoms with Gasteiger partial charge in [0.05, 0.1) is 78.8 Å². The van der Waals surface area contributed by atoms with Gasteiger partial charge in [-0.25, -0.2) is 0 Å². The van der Waals surface area contributed by atoms with Crippen molar-refractivity contribution in [3.05, 3.63) is 0 Å². The number of nitrogens with two attached hydrogens (primary N) is 1. The van der Waals surface area contributed by atoms with E-state index in [1.165, 1.54) is 0 Å². The fraction of sp³-hybridized carbons (Fsp3) is 1.00. The van der Waals surface area contributed by atoms with Gasteiger partial charge in [-0.15, -0.1) is 0 Å². The molecule has 0 amide bonds. The molecule has 31 heavy (non-hydrogen) atoms. The average Bonchev–Trinajstić information content (AvgIpc) is 2.73. The highest BCUT2D eigenvalue weighted by Crippen LogP contribution is 1.96. The van der Waals surface area contributed by atoms with E-state index in [4.69, 9.17) is 39.6 Å². The minimum atomic E-state index is -1.01. The molecule has 6 atom stereocenters. The van der Waals surface area contributed by atoms with E-state index in [-0.39, 0.29) is 72.6 Å². The highest BCUT2D eigenvalue weighted by atomic mass is 16.5. The lowest BCUT2D eigenvalue weighted by molar-refractivity contribution is -0.0831. The summed E-state index contributed by atoms with van der Waals surface area (Å²) in [6.45, 7) is -1.17. The molecule has 0 aliphatic carbocycles. The highest BCUT2D eigenvalue weighted by molar-refractivity contribution is 4.60. The van der Waals surface area contributed by atoms with Crippen LogP contribution in [0.1, 0.15) is 0 Å². The average molecular weight is 462 g/mol. The summed E-state index contributed by atoms with van der Waals surface area (Å²) in [4.78, 5) is 0. The fourth-order valence-corrected chi connectivity index (χ4v) is 2.01. The largest absolute Gasteiger partial charge is 0.394 e. The van der Waals surface area contributed by atoms with Crippen LogP contribution in [0.4, 0.5) is 0 Å². The molecule has 0 aromatic heterocycles. The molecule has 0 spiro atoms. The van der Waals surface area contributed by atoms with Gasteiger partial charge in [-0.2, -0.15) is 0 Å². The first-order valence-corrected chi connectivity index (χ1v) is 10.1. The van der Waals surface area contributed by atoms with Crippen LogP contribution in [0.5, 0.6) is 0 Å². The van der Waals surface area contributed by atoms with Crippen molar-refractivity contribution in [3.63, 3.8) is 0 Å². The van der Waals surface area contributed by atoms with Crippen molar-refractivity contribution in [1.82, 2.24) is 0 Å². The number of aliphatic hydroxyl groups is 7. The second-order valence-corrected chi connectivity index (χ2v) is 7.03. The predicted octanol–water partition coefficient (Wildman–Crippen LogP) is -4.81. The minimum Gasteiger partial charge on any atom is -0.394 e. The normalized spacial score (nSPS) is 17.8.